The summed E-state index contributed by atoms with van der Waals surface area (Å²) in [5.41, 5.74) is 1.36. The molecule has 10 nitrogen and oxygen atoms in total. The largest absolute Gasteiger partial charge is 0.507 e. The zero-order chi connectivity index (χ0) is 26.7. The monoisotopic (exact) mass is 502 g/mol. The van der Waals surface area contributed by atoms with Crippen molar-refractivity contribution in [3.63, 3.8) is 0 Å². The van der Waals surface area contributed by atoms with Crippen molar-refractivity contribution in [2.24, 2.45) is 0 Å². The molecular formula is C27H22N2O8. The minimum atomic E-state index is -0.993. The minimum absolute atomic E-state index is 0.0393. The van der Waals surface area contributed by atoms with Gasteiger partial charge in [-0.15, -0.1) is 0 Å². The van der Waals surface area contributed by atoms with Gasteiger partial charge in [-0.2, -0.15) is 0 Å². The summed E-state index contributed by atoms with van der Waals surface area (Å²) >= 11 is 0. The molecule has 3 aromatic carbocycles. The van der Waals surface area contributed by atoms with E-state index in [0.717, 1.165) is 0 Å². The number of aliphatic hydroxyl groups excluding tert-OH is 1. The van der Waals surface area contributed by atoms with E-state index in [0.29, 0.717) is 22.6 Å². The highest BCUT2D eigenvalue weighted by molar-refractivity contribution is 6.51. The Morgan fingerprint density at radius 1 is 0.973 bits per heavy atom. The second kappa shape index (κ2) is 10.3. The fraction of sp³-hybridized carbons (Fsp3) is 0.148. The normalized spacial score (nSPS) is 16.5. The van der Waals surface area contributed by atoms with Crippen molar-refractivity contribution in [1.82, 2.24) is 0 Å². The molecule has 1 fully saturated rings. The number of benzene rings is 3. The molecule has 1 aliphatic rings. The van der Waals surface area contributed by atoms with Gasteiger partial charge >= 0.3 is 5.97 Å². The molecule has 1 aliphatic heterocycles. The topological polar surface area (TPSA) is 136 Å². The Morgan fingerprint density at radius 3 is 2.14 bits per heavy atom. The second-order valence-electron chi connectivity index (χ2n) is 8.17. The molecule has 0 bridgehead atoms. The van der Waals surface area contributed by atoms with Crippen molar-refractivity contribution in [2.45, 2.75) is 12.5 Å². The van der Waals surface area contributed by atoms with E-state index in [1.165, 1.54) is 43.4 Å². The number of Topliss-reactive ketones (excluding diaryl/α,β-unsaturated/α-hetero) is 1. The number of amides is 1. The third-order valence-corrected chi connectivity index (χ3v) is 6.02. The van der Waals surface area contributed by atoms with Crippen LogP contribution in [-0.4, -0.2) is 41.9 Å². The van der Waals surface area contributed by atoms with E-state index >= 15 is 0 Å². The summed E-state index contributed by atoms with van der Waals surface area (Å²) in [6.07, 6.45) is 0.0393. The number of hydrogen-bond donors (Lipinski definition) is 1. The number of esters is 1. The van der Waals surface area contributed by atoms with E-state index in [9.17, 15) is 29.6 Å². The van der Waals surface area contributed by atoms with Crippen molar-refractivity contribution in [3.05, 3.63) is 105 Å². The predicted octanol–water partition coefficient (Wildman–Crippen LogP) is 3.95. The number of rotatable bonds is 7. The highest BCUT2D eigenvalue weighted by Crippen LogP contribution is 2.42. The summed E-state index contributed by atoms with van der Waals surface area (Å²) in [5.74, 6) is -2.09. The van der Waals surface area contributed by atoms with Crippen LogP contribution in [0.3, 0.4) is 0 Å². The molecule has 0 aliphatic carbocycles. The average Bonchev–Trinajstić information content (AvgIpc) is 3.18. The number of hydrogen-bond acceptors (Lipinski definition) is 8. The highest BCUT2D eigenvalue weighted by atomic mass is 16.6. The van der Waals surface area contributed by atoms with Crippen LogP contribution in [0.15, 0.2) is 78.4 Å². The molecule has 1 unspecified atom stereocenters. The summed E-state index contributed by atoms with van der Waals surface area (Å²) in [6, 6.07) is 17.2. The van der Waals surface area contributed by atoms with Gasteiger partial charge in [-0.25, -0.2) is 0 Å². The van der Waals surface area contributed by atoms with Crippen molar-refractivity contribution in [2.75, 3.05) is 19.1 Å². The molecule has 4 rings (SSSR count). The molecule has 3 aromatic rings. The van der Waals surface area contributed by atoms with Crippen LogP contribution in [0.2, 0.25) is 0 Å². The first kappa shape index (κ1) is 25.1. The van der Waals surface area contributed by atoms with Crippen molar-refractivity contribution in [1.29, 1.82) is 0 Å². The number of ketones is 1. The maximum absolute atomic E-state index is 13.3. The van der Waals surface area contributed by atoms with E-state index in [1.54, 1.807) is 48.5 Å². The van der Waals surface area contributed by atoms with E-state index < -0.39 is 34.4 Å². The molecule has 188 valence electrons. The summed E-state index contributed by atoms with van der Waals surface area (Å²) < 4.78 is 9.89. The lowest BCUT2D eigenvalue weighted by Crippen LogP contribution is -2.29. The van der Waals surface area contributed by atoms with E-state index in [-0.39, 0.29) is 23.2 Å². The van der Waals surface area contributed by atoms with Crippen molar-refractivity contribution < 1.29 is 33.9 Å². The number of nitro benzene ring substituents is 1. The van der Waals surface area contributed by atoms with Crippen LogP contribution in [0.4, 0.5) is 11.4 Å². The van der Waals surface area contributed by atoms with Gasteiger partial charge in [-0.1, -0.05) is 24.3 Å². The zero-order valence-electron chi connectivity index (χ0n) is 19.9. The Bertz CT molecular complexity index is 1390. The molecule has 1 N–H and O–H groups in total. The van der Waals surface area contributed by atoms with E-state index in [4.69, 9.17) is 4.74 Å². The number of aliphatic hydroxyl groups is 1. The Hall–Kier alpha value is -4.99. The average molecular weight is 502 g/mol. The lowest BCUT2D eigenvalue weighted by Gasteiger charge is -2.25. The Balaban J connectivity index is 1.83. The quantitative estimate of drug-likeness (QED) is 0.128. The number of nitro groups is 1. The highest BCUT2D eigenvalue weighted by Gasteiger charge is 2.47. The molecule has 37 heavy (non-hydrogen) atoms. The molecule has 10 heteroatoms. The molecule has 0 aromatic heterocycles. The number of carbonyl (C=O) groups excluding carboxylic acids is 3. The van der Waals surface area contributed by atoms with Crippen LogP contribution in [0.25, 0.3) is 5.76 Å². The van der Waals surface area contributed by atoms with Crippen molar-refractivity contribution >= 4 is 34.8 Å². The van der Waals surface area contributed by atoms with Gasteiger partial charge in [0.15, 0.2) is 0 Å². The minimum Gasteiger partial charge on any atom is -0.507 e. The molecule has 1 saturated heterocycles. The third kappa shape index (κ3) is 4.90. The SMILES string of the molecule is COC(=O)Cc1ccc(N2C(=O)C(=O)/C(=C(\O)c3ccc([N+](=O)[O-])cc3)C2c2ccc(OC)cc2)cc1. The smallest absolute Gasteiger partial charge is 0.309 e. The molecule has 1 atom stereocenters. The van der Waals surface area contributed by atoms with Crippen LogP contribution in [0.1, 0.15) is 22.7 Å². The van der Waals surface area contributed by atoms with Gasteiger partial charge in [-0.05, 0) is 47.5 Å². The first-order chi connectivity index (χ1) is 17.7. The molecule has 0 saturated carbocycles. The van der Waals surface area contributed by atoms with Crippen molar-refractivity contribution in [3.8, 4) is 5.75 Å². The number of ether oxygens (including phenoxy) is 2. The molecule has 1 heterocycles. The van der Waals surface area contributed by atoms with Gasteiger partial charge in [0.05, 0.1) is 37.2 Å². The van der Waals surface area contributed by atoms with Gasteiger partial charge in [0.2, 0.25) is 0 Å². The number of non-ortho nitro benzene ring substituents is 1. The Kier molecular flexibility index (Phi) is 7.01. The Labute approximate surface area is 211 Å². The first-order valence-electron chi connectivity index (χ1n) is 11.1. The van der Waals surface area contributed by atoms with E-state index in [2.05, 4.69) is 4.74 Å². The fourth-order valence-electron chi connectivity index (χ4n) is 4.11. The lowest BCUT2D eigenvalue weighted by atomic mass is 9.95. The molecule has 0 radical (unpaired) electrons. The Morgan fingerprint density at radius 2 is 1.59 bits per heavy atom. The van der Waals surface area contributed by atoms with Crippen LogP contribution < -0.4 is 9.64 Å². The van der Waals surface area contributed by atoms with E-state index in [1.807, 2.05) is 0 Å². The van der Waals surface area contributed by atoms with Crippen LogP contribution in [-0.2, 0) is 25.5 Å². The van der Waals surface area contributed by atoms with Crippen LogP contribution >= 0.6 is 0 Å². The third-order valence-electron chi connectivity index (χ3n) is 6.02. The molecule has 0 spiro atoms. The predicted molar refractivity (Wildman–Crippen MR) is 133 cm³/mol. The standard InChI is InChI=1S/C27H22N2O8/c1-36-21-13-7-17(8-14-21)24-23(25(31)18-5-11-20(12-6-18)29(34)35)26(32)27(33)28(24)19-9-3-16(4-10-19)15-22(30)37-2/h3-14,24,31H,15H2,1-2H3/b25-23-. The maximum atomic E-state index is 13.3. The molecular weight excluding hydrogens is 480 g/mol. The molecule has 1 amide bonds. The number of methoxy groups -OCH3 is 2. The first-order valence-corrected chi connectivity index (χ1v) is 11.1. The maximum Gasteiger partial charge on any atom is 0.309 e. The summed E-state index contributed by atoms with van der Waals surface area (Å²) in [6.45, 7) is 0. The number of nitrogens with zero attached hydrogens (tertiary/aromatic N) is 2. The summed E-state index contributed by atoms with van der Waals surface area (Å²) in [5, 5.41) is 22.2. The second-order valence-corrected chi connectivity index (χ2v) is 8.17. The van der Waals surface area contributed by atoms with Gasteiger partial charge < -0.3 is 14.6 Å². The van der Waals surface area contributed by atoms with Gasteiger partial charge in [0.1, 0.15) is 11.5 Å². The number of anilines is 1. The van der Waals surface area contributed by atoms with Crippen LogP contribution in [0, 0.1) is 10.1 Å². The van der Waals surface area contributed by atoms with Gasteiger partial charge in [0, 0.05) is 23.4 Å². The summed E-state index contributed by atoms with van der Waals surface area (Å²) in [4.78, 5) is 49.8. The fourth-order valence-corrected chi connectivity index (χ4v) is 4.11. The zero-order valence-corrected chi connectivity index (χ0v) is 19.9. The van der Waals surface area contributed by atoms with Gasteiger partial charge in [-0.3, -0.25) is 29.4 Å². The van der Waals surface area contributed by atoms with Gasteiger partial charge in [0.25, 0.3) is 17.4 Å². The lowest BCUT2D eigenvalue weighted by molar-refractivity contribution is -0.384. The summed E-state index contributed by atoms with van der Waals surface area (Å²) in [7, 11) is 2.79. The van der Waals surface area contributed by atoms with Crippen LogP contribution in [0.5, 0.6) is 5.75 Å². The number of carbonyl (C=O) groups is 3.